The second-order valence-corrected chi connectivity index (χ2v) is 8.05. The molecule has 0 aliphatic carbocycles. The van der Waals surface area contributed by atoms with Crippen LogP contribution in [0.5, 0.6) is 0 Å². The van der Waals surface area contributed by atoms with Crippen LogP contribution in [0, 0.1) is 5.92 Å². The molecule has 0 aromatic carbocycles. The van der Waals surface area contributed by atoms with E-state index in [1.165, 1.54) is 4.40 Å². The van der Waals surface area contributed by atoms with Gasteiger partial charge in [0.05, 0.1) is 0 Å². The molecule has 3 heterocycles. The number of rotatable bonds is 4. The highest BCUT2D eigenvalue weighted by molar-refractivity contribution is 7.99. The number of nitrogens with one attached hydrogen (secondary N) is 1. The Morgan fingerprint density at radius 3 is 2.90 bits per heavy atom. The molecule has 1 aliphatic rings. The number of fused-ring (bicyclic) bond motifs is 1. The maximum atomic E-state index is 12.5. The number of hydrogen-bond acceptors (Lipinski definition) is 5. The fourth-order valence-electron chi connectivity index (χ4n) is 2.51. The number of nitrogens with two attached hydrogens (primary N) is 1. The van der Waals surface area contributed by atoms with Gasteiger partial charge in [-0.25, -0.2) is 18.1 Å². The summed E-state index contributed by atoms with van der Waals surface area (Å²) in [6, 6.07) is 5.28. The van der Waals surface area contributed by atoms with Crippen LogP contribution in [0.2, 0.25) is 0 Å². The van der Waals surface area contributed by atoms with Crippen LogP contribution in [0.1, 0.15) is 12.8 Å². The van der Waals surface area contributed by atoms with Gasteiger partial charge in [0, 0.05) is 12.7 Å². The van der Waals surface area contributed by atoms with E-state index in [0.717, 1.165) is 24.3 Å². The Morgan fingerprint density at radius 2 is 2.14 bits per heavy atom. The van der Waals surface area contributed by atoms with Crippen LogP contribution < -0.4 is 10.5 Å². The van der Waals surface area contributed by atoms with Gasteiger partial charge in [0.15, 0.2) is 10.8 Å². The lowest BCUT2D eigenvalue weighted by Gasteiger charge is -2.21. The number of hydrogen-bond donors (Lipinski definition) is 2. The smallest absolute Gasteiger partial charge is 0.260 e. The van der Waals surface area contributed by atoms with Gasteiger partial charge in [-0.3, -0.25) is 4.40 Å². The minimum absolute atomic E-state index is 0.0308. The molecule has 1 aliphatic heterocycles. The fourth-order valence-corrected chi connectivity index (χ4v) is 5.04. The number of imidazole rings is 1. The number of aromatic nitrogens is 2. The predicted molar refractivity (Wildman–Crippen MR) is 84.8 cm³/mol. The summed E-state index contributed by atoms with van der Waals surface area (Å²) in [6.45, 7) is 0.461. The predicted octanol–water partition coefficient (Wildman–Crippen LogP) is 1.34. The maximum Gasteiger partial charge on any atom is 0.260 e. The fraction of sp³-hybridized carbons (Fsp3) is 0.462. The third-order valence-corrected chi connectivity index (χ3v) is 6.18. The first-order chi connectivity index (χ1) is 10.1. The molecule has 0 bridgehead atoms. The van der Waals surface area contributed by atoms with Crippen LogP contribution in [0.25, 0.3) is 5.65 Å². The van der Waals surface area contributed by atoms with E-state index in [1.54, 1.807) is 24.4 Å². The molecule has 0 atom stereocenters. The Balaban J connectivity index is 1.84. The van der Waals surface area contributed by atoms with Crippen molar-refractivity contribution in [3.05, 3.63) is 24.4 Å². The quantitative estimate of drug-likeness (QED) is 0.885. The number of nitrogen functional groups attached to an aromatic ring is 1. The summed E-state index contributed by atoms with van der Waals surface area (Å²) in [6.07, 6.45) is 3.76. The largest absolute Gasteiger partial charge is 0.381 e. The van der Waals surface area contributed by atoms with Gasteiger partial charge in [0.2, 0.25) is 0 Å². The minimum atomic E-state index is -3.65. The zero-order valence-corrected chi connectivity index (χ0v) is 13.2. The van der Waals surface area contributed by atoms with Crippen LogP contribution in [-0.4, -0.2) is 35.9 Å². The van der Waals surface area contributed by atoms with E-state index >= 15 is 0 Å². The van der Waals surface area contributed by atoms with Crippen molar-refractivity contribution in [2.24, 2.45) is 5.92 Å². The molecular formula is C13H18N4O2S2. The number of pyridine rings is 1. The van der Waals surface area contributed by atoms with Crippen LogP contribution >= 0.6 is 11.8 Å². The summed E-state index contributed by atoms with van der Waals surface area (Å²) >= 11 is 1.92. The molecule has 1 saturated heterocycles. The number of anilines is 1. The van der Waals surface area contributed by atoms with E-state index in [0.29, 0.717) is 18.1 Å². The first-order valence-electron chi connectivity index (χ1n) is 6.88. The van der Waals surface area contributed by atoms with E-state index < -0.39 is 10.0 Å². The molecule has 0 spiro atoms. The van der Waals surface area contributed by atoms with Crippen molar-refractivity contribution in [3.63, 3.8) is 0 Å². The minimum Gasteiger partial charge on any atom is -0.381 e. The van der Waals surface area contributed by atoms with E-state index in [2.05, 4.69) is 9.71 Å². The molecule has 6 nitrogen and oxygen atoms in total. The van der Waals surface area contributed by atoms with Gasteiger partial charge < -0.3 is 5.73 Å². The highest BCUT2D eigenvalue weighted by Crippen LogP contribution is 2.24. The van der Waals surface area contributed by atoms with E-state index in [9.17, 15) is 8.42 Å². The Kier molecular flexibility index (Phi) is 4.10. The van der Waals surface area contributed by atoms with Gasteiger partial charge in [-0.05, 0) is 42.4 Å². The second kappa shape index (κ2) is 5.86. The summed E-state index contributed by atoms with van der Waals surface area (Å²) in [5.41, 5.74) is 6.33. The highest BCUT2D eigenvalue weighted by atomic mass is 32.2. The summed E-state index contributed by atoms with van der Waals surface area (Å²) in [7, 11) is -3.65. The number of sulfonamides is 1. The molecule has 2 aromatic heterocycles. The first-order valence-corrected chi connectivity index (χ1v) is 9.52. The van der Waals surface area contributed by atoms with Gasteiger partial charge >= 0.3 is 0 Å². The molecule has 0 radical (unpaired) electrons. The SMILES string of the molecule is Nc1nc2ccccn2c1S(=O)(=O)NCC1CCSCC1. The van der Waals surface area contributed by atoms with Crippen LogP contribution in [-0.2, 0) is 10.0 Å². The molecule has 3 rings (SSSR count). The number of nitrogens with zero attached hydrogens (tertiary/aromatic N) is 2. The highest BCUT2D eigenvalue weighted by Gasteiger charge is 2.25. The van der Waals surface area contributed by atoms with Crippen LogP contribution in [0.3, 0.4) is 0 Å². The van der Waals surface area contributed by atoms with E-state index in [4.69, 9.17) is 5.73 Å². The molecule has 0 amide bonds. The lowest BCUT2D eigenvalue weighted by molar-refractivity contribution is 0.476. The van der Waals surface area contributed by atoms with Gasteiger partial charge in [0.25, 0.3) is 10.0 Å². The van der Waals surface area contributed by atoms with Crippen molar-refractivity contribution >= 4 is 33.3 Å². The Labute approximate surface area is 128 Å². The third-order valence-electron chi connectivity index (χ3n) is 3.67. The van der Waals surface area contributed by atoms with Crippen molar-refractivity contribution in [1.29, 1.82) is 0 Å². The van der Waals surface area contributed by atoms with Crippen molar-refractivity contribution in [2.45, 2.75) is 17.9 Å². The van der Waals surface area contributed by atoms with Gasteiger partial charge in [0.1, 0.15) is 5.65 Å². The normalized spacial score (nSPS) is 17.3. The standard InChI is InChI=1S/C13H18N4O2S2/c14-12-13(17-6-2-1-3-11(17)16-12)21(18,19)15-9-10-4-7-20-8-5-10/h1-3,6,10,15H,4-5,7-9,14H2. The molecule has 1 fully saturated rings. The van der Waals surface area contributed by atoms with Crippen molar-refractivity contribution in [3.8, 4) is 0 Å². The molecule has 3 N–H and O–H groups in total. The van der Waals surface area contributed by atoms with Crippen molar-refractivity contribution < 1.29 is 8.42 Å². The Hall–Kier alpha value is -1.25. The van der Waals surface area contributed by atoms with Crippen LogP contribution in [0.4, 0.5) is 5.82 Å². The van der Waals surface area contributed by atoms with Gasteiger partial charge in [-0.1, -0.05) is 6.07 Å². The molecule has 2 aromatic rings. The average Bonchev–Trinajstić information content (AvgIpc) is 2.83. The molecular weight excluding hydrogens is 308 g/mol. The Bertz CT molecular complexity index is 736. The van der Waals surface area contributed by atoms with Crippen LogP contribution in [0.15, 0.2) is 29.4 Å². The summed E-state index contributed by atoms with van der Waals surface area (Å²) < 4.78 is 29.2. The lowest BCUT2D eigenvalue weighted by Crippen LogP contribution is -2.32. The average molecular weight is 326 g/mol. The molecule has 114 valence electrons. The second-order valence-electron chi connectivity index (χ2n) is 5.14. The zero-order valence-electron chi connectivity index (χ0n) is 11.5. The Morgan fingerprint density at radius 1 is 1.38 bits per heavy atom. The molecule has 21 heavy (non-hydrogen) atoms. The molecule has 8 heteroatoms. The monoisotopic (exact) mass is 326 g/mol. The van der Waals surface area contributed by atoms with E-state index in [1.807, 2.05) is 11.8 Å². The molecule has 0 unspecified atom stereocenters. The van der Waals surface area contributed by atoms with E-state index in [-0.39, 0.29) is 10.8 Å². The maximum absolute atomic E-state index is 12.5. The molecule has 0 saturated carbocycles. The van der Waals surface area contributed by atoms with Gasteiger partial charge in [-0.2, -0.15) is 11.8 Å². The summed E-state index contributed by atoms with van der Waals surface area (Å²) in [5.74, 6) is 2.64. The summed E-state index contributed by atoms with van der Waals surface area (Å²) in [5, 5.41) is 0.0308. The lowest BCUT2D eigenvalue weighted by atomic mass is 10.0. The van der Waals surface area contributed by atoms with Crippen molar-refractivity contribution in [2.75, 3.05) is 23.8 Å². The topological polar surface area (TPSA) is 89.5 Å². The first kappa shape index (κ1) is 14.7. The number of thioether (sulfide) groups is 1. The summed E-state index contributed by atoms with van der Waals surface area (Å²) in [4.78, 5) is 4.09. The third kappa shape index (κ3) is 3.02. The van der Waals surface area contributed by atoms with Gasteiger partial charge in [-0.15, -0.1) is 0 Å². The zero-order chi connectivity index (χ0) is 14.9. The van der Waals surface area contributed by atoms with Crippen molar-refractivity contribution in [1.82, 2.24) is 14.1 Å².